The normalized spacial score (nSPS) is 12.0. The van der Waals surface area contributed by atoms with Gasteiger partial charge in [0.05, 0.1) is 13.7 Å². The van der Waals surface area contributed by atoms with Gasteiger partial charge in [0.15, 0.2) is 0 Å². The molecule has 1 amide bonds. The maximum atomic E-state index is 11.7. The van der Waals surface area contributed by atoms with Gasteiger partial charge in [0.1, 0.15) is 6.61 Å². The molecule has 0 aliphatic rings. The number of methoxy groups -OCH3 is 1. The number of amides is 1. The summed E-state index contributed by atoms with van der Waals surface area (Å²) in [5, 5.41) is 6.04. The summed E-state index contributed by atoms with van der Waals surface area (Å²) in [6.45, 7) is 4.40. The number of pyridine rings is 1. The molecule has 6 nitrogen and oxygen atoms in total. The van der Waals surface area contributed by atoms with E-state index >= 15 is 0 Å². The number of ether oxygens (including phenoxy) is 2. The van der Waals surface area contributed by atoms with Gasteiger partial charge in [-0.1, -0.05) is 6.92 Å². The highest BCUT2D eigenvalue weighted by molar-refractivity contribution is 5.77. The summed E-state index contributed by atoms with van der Waals surface area (Å²) < 4.78 is 10.4. The van der Waals surface area contributed by atoms with Crippen LogP contribution in [0.3, 0.4) is 0 Å². The Bertz CT molecular complexity index is 437. The molecule has 0 aliphatic carbocycles. The van der Waals surface area contributed by atoms with Crippen LogP contribution in [0.2, 0.25) is 0 Å². The van der Waals surface area contributed by atoms with E-state index in [2.05, 4.69) is 22.5 Å². The van der Waals surface area contributed by atoms with Gasteiger partial charge < -0.3 is 20.1 Å². The Morgan fingerprint density at radius 3 is 2.78 bits per heavy atom. The zero-order valence-electron chi connectivity index (χ0n) is 14.4. The molecule has 23 heavy (non-hydrogen) atoms. The minimum Gasteiger partial charge on any atom is -0.481 e. The van der Waals surface area contributed by atoms with Crippen molar-refractivity contribution in [3.05, 3.63) is 23.9 Å². The summed E-state index contributed by atoms with van der Waals surface area (Å²) in [5.74, 6) is 1.11. The van der Waals surface area contributed by atoms with Crippen LogP contribution in [0, 0.1) is 5.92 Å². The molecule has 1 rings (SSSR count). The van der Waals surface area contributed by atoms with Gasteiger partial charge in [-0.05, 0) is 50.4 Å². The summed E-state index contributed by atoms with van der Waals surface area (Å²) in [6.07, 6.45) is 5.03. The van der Waals surface area contributed by atoms with Crippen LogP contribution < -0.4 is 15.4 Å². The lowest BCUT2D eigenvalue weighted by Gasteiger charge is -2.12. The molecule has 1 unspecified atom stereocenters. The lowest BCUT2D eigenvalue weighted by Crippen LogP contribution is -2.29. The Morgan fingerprint density at radius 2 is 2.13 bits per heavy atom. The van der Waals surface area contributed by atoms with Crippen molar-refractivity contribution in [1.29, 1.82) is 0 Å². The Balaban J connectivity index is 2.07. The van der Waals surface area contributed by atoms with Gasteiger partial charge in [0.2, 0.25) is 11.8 Å². The molecule has 0 aromatic carbocycles. The lowest BCUT2D eigenvalue weighted by molar-refractivity contribution is -0.126. The standard InChI is InChI=1S/C17H29N3O3/c1-14(5-4-9-18-2)8-10-19-16(21)13-23-12-15-6-7-17(22-3)20-11-15/h6-7,11,14,18H,4-5,8-10,12-13H2,1-3H3,(H,19,21). The van der Waals surface area contributed by atoms with Crippen LogP contribution in [-0.4, -0.2) is 44.7 Å². The van der Waals surface area contributed by atoms with Crippen molar-refractivity contribution in [1.82, 2.24) is 15.6 Å². The summed E-state index contributed by atoms with van der Waals surface area (Å²) in [4.78, 5) is 15.8. The van der Waals surface area contributed by atoms with E-state index in [1.807, 2.05) is 13.1 Å². The molecule has 1 aromatic rings. The monoisotopic (exact) mass is 323 g/mol. The molecular formula is C17H29N3O3. The SMILES string of the molecule is CNCCCC(C)CCNC(=O)COCc1ccc(OC)nc1. The van der Waals surface area contributed by atoms with E-state index in [4.69, 9.17) is 9.47 Å². The summed E-state index contributed by atoms with van der Waals surface area (Å²) in [5.41, 5.74) is 0.914. The van der Waals surface area contributed by atoms with E-state index < -0.39 is 0 Å². The van der Waals surface area contributed by atoms with Crippen LogP contribution in [-0.2, 0) is 16.1 Å². The molecule has 130 valence electrons. The fraction of sp³-hybridized carbons (Fsp3) is 0.647. The molecule has 0 saturated carbocycles. The van der Waals surface area contributed by atoms with Crippen LogP contribution in [0.5, 0.6) is 5.88 Å². The largest absolute Gasteiger partial charge is 0.481 e. The minimum atomic E-state index is -0.0751. The number of hydrogen-bond acceptors (Lipinski definition) is 5. The molecule has 0 bridgehead atoms. The number of rotatable bonds is 12. The van der Waals surface area contributed by atoms with E-state index in [0.29, 0.717) is 24.9 Å². The number of nitrogens with one attached hydrogen (secondary N) is 2. The van der Waals surface area contributed by atoms with E-state index in [-0.39, 0.29) is 12.5 Å². The molecule has 1 atom stereocenters. The van der Waals surface area contributed by atoms with Crippen molar-refractivity contribution in [2.24, 2.45) is 5.92 Å². The third-order valence-electron chi connectivity index (χ3n) is 3.59. The second-order valence-corrected chi connectivity index (χ2v) is 5.69. The molecule has 0 radical (unpaired) electrons. The second kappa shape index (κ2) is 11.8. The zero-order chi connectivity index (χ0) is 16.9. The molecule has 0 spiro atoms. The second-order valence-electron chi connectivity index (χ2n) is 5.69. The van der Waals surface area contributed by atoms with Gasteiger partial charge in [-0.25, -0.2) is 4.98 Å². The molecule has 0 saturated heterocycles. The fourth-order valence-electron chi connectivity index (χ4n) is 2.16. The highest BCUT2D eigenvalue weighted by Gasteiger charge is 2.05. The summed E-state index contributed by atoms with van der Waals surface area (Å²) in [6, 6.07) is 3.64. The average Bonchev–Trinajstić information content (AvgIpc) is 2.56. The molecule has 1 aromatic heterocycles. The highest BCUT2D eigenvalue weighted by Crippen LogP contribution is 2.09. The third-order valence-corrected chi connectivity index (χ3v) is 3.59. The Kier molecular flexibility index (Phi) is 9.99. The quantitative estimate of drug-likeness (QED) is 0.573. The van der Waals surface area contributed by atoms with Gasteiger partial charge in [0.25, 0.3) is 0 Å². The Morgan fingerprint density at radius 1 is 1.30 bits per heavy atom. The van der Waals surface area contributed by atoms with Gasteiger partial charge in [0, 0.05) is 18.8 Å². The topological polar surface area (TPSA) is 72.5 Å². The number of carbonyl (C=O) groups is 1. The molecule has 0 aliphatic heterocycles. The maximum absolute atomic E-state index is 11.7. The Labute approximate surface area is 139 Å². The first-order valence-corrected chi connectivity index (χ1v) is 8.13. The van der Waals surface area contributed by atoms with Crippen LogP contribution in [0.1, 0.15) is 31.7 Å². The van der Waals surface area contributed by atoms with E-state index in [9.17, 15) is 4.79 Å². The van der Waals surface area contributed by atoms with E-state index in [1.165, 1.54) is 12.8 Å². The molecule has 6 heteroatoms. The van der Waals surface area contributed by atoms with Crippen molar-refractivity contribution in [2.45, 2.75) is 32.8 Å². The number of carbonyl (C=O) groups excluding carboxylic acids is 1. The zero-order valence-corrected chi connectivity index (χ0v) is 14.4. The van der Waals surface area contributed by atoms with Crippen molar-refractivity contribution in [3.8, 4) is 5.88 Å². The van der Waals surface area contributed by atoms with Crippen molar-refractivity contribution in [2.75, 3.05) is 33.9 Å². The first-order valence-electron chi connectivity index (χ1n) is 8.13. The predicted octanol–water partition coefficient (Wildman–Crippen LogP) is 1.75. The van der Waals surface area contributed by atoms with Crippen LogP contribution in [0.25, 0.3) is 0 Å². The lowest BCUT2D eigenvalue weighted by atomic mass is 10.0. The molecule has 1 heterocycles. The first kappa shape index (κ1) is 19.4. The highest BCUT2D eigenvalue weighted by atomic mass is 16.5. The van der Waals surface area contributed by atoms with Crippen molar-refractivity contribution in [3.63, 3.8) is 0 Å². The maximum Gasteiger partial charge on any atom is 0.246 e. The van der Waals surface area contributed by atoms with Crippen LogP contribution >= 0.6 is 0 Å². The minimum absolute atomic E-state index is 0.0696. The summed E-state index contributed by atoms with van der Waals surface area (Å²) >= 11 is 0. The van der Waals surface area contributed by atoms with Gasteiger partial charge in [-0.2, -0.15) is 0 Å². The van der Waals surface area contributed by atoms with Crippen molar-refractivity contribution < 1.29 is 14.3 Å². The van der Waals surface area contributed by atoms with Gasteiger partial charge in [-0.3, -0.25) is 4.79 Å². The molecule has 2 N–H and O–H groups in total. The van der Waals surface area contributed by atoms with Crippen molar-refractivity contribution >= 4 is 5.91 Å². The van der Waals surface area contributed by atoms with E-state index in [1.54, 1.807) is 19.4 Å². The molecular weight excluding hydrogens is 294 g/mol. The predicted molar refractivity (Wildman–Crippen MR) is 90.4 cm³/mol. The van der Waals surface area contributed by atoms with Crippen LogP contribution in [0.4, 0.5) is 0 Å². The molecule has 0 fully saturated rings. The third kappa shape index (κ3) is 9.15. The van der Waals surface area contributed by atoms with Crippen LogP contribution in [0.15, 0.2) is 18.3 Å². The first-order chi connectivity index (χ1) is 11.2. The fourth-order valence-corrected chi connectivity index (χ4v) is 2.16. The average molecular weight is 323 g/mol. The smallest absolute Gasteiger partial charge is 0.246 e. The number of hydrogen-bond donors (Lipinski definition) is 2. The van der Waals surface area contributed by atoms with Gasteiger partial charge in [-0.15, -0.1) is 0 Å². The number of aromatic nitrogens is 1. The number of nitrogens with zero attached hydrogens (tertiary/aromatic N) is 1. The van der Waals surface area contributed by atoms with E-state index in [0.717, 1.165) is 18.5 Å². The Hall–Kier alpha value is -1.66. The summed E-state index contributed by atoms with van der Waals surface area (Å²) in [7, 11) is 3.54. The van der Waals surface area contributed by atoms with Gasteiger partial charge >= 0.3 is 0 Å².